The molecule has 13 heteroatoms. The molecule has 144 valence electrons. The van der Waals surface area contributed by atoms with E-state index in [9.17, 15) is 19.5 Å². The van der Waals surface area contributed by atoms with Crippen molar-refractivity contribution < 1.29 is 29.7 Å². The van der Waals surface area contributed by atoms with Gasteiger partial charge in [-0.15, -0.1) is 0 Å². The van der Waals surface area contributed by atoms with Gasteiger partial charge in [-0.3, -0.25) is 15.0 Å². The zero-order chi connectivity index (χ0) is 19.6. The number of carboxylic acids is 1. The number of hydrazine groups is 1. The Kier molecular flexibility index (Phi) is 10.5. The Morgan fingerprint density at radius 3 is 2.20 bits per heavy atom. The van der Waals surface area contributed by atoms with Crippen LogP contribution in [0.1, 0.15) is 13.3 Å². The molecule has 0 spiro atoms. The standard InChI is InChI=1S/C12H24N6O6S/c1-5(20)6(13)3-15-18-10(22)7(2-9(14)21)16-12(25)17-8(4-19)11(23)24/h5-8,15,19-20H,2-4,13H2,1H3,(H2,14,21)(H,18,22)(H,23,24)(H2,16,17,25). The summed E-state index contributed by atoms with van der Waals surface area (Å²) in [6.45, 7) is 0.805. The van der Waals surface area contributed by atoms with Gasteiger partial charge >= 0.3 is 5.97 Å². The zero-order valence-electron chi connectivity index (χ0n) is 13.6. The fourth-order valence-corrected chi connectivity index (χ4v) is 1.75. The number of rotatable bonds is 11. The van der Waals surface area contributed by atoms with Crippen LogP contribution in [0.3, 0.4) is 0 Å². The molecule has 2 amide bonds. The molecule has 0 aliphatic rings. The lowest BCUT2D eigenvalue weighted by atomic mass is 10.2. The molecule has 0 saturated carbocycles. The van der Waals surface area contributed by atoms with Crippen LogP contribution in [0.25, 0.3) is 0 Å². The molecule has 0 fully saturated rings. The summed E-state index contributed by atoms with van der Waals surface area (Å²) in [5.74, 6) is -2.86. The van der Waals surface area contributed by atoms with E-state index in [0.717, 1.165) is 0 Å². The maximum absolute atomic E-state index is 12.1. The second-order valence-electron chi connectivity index (χ2n) is 5.19. The maximum Gasteiger partial charge on any atom is 0.328 e. The normalized spacial score (nSPS) is 15.4. The lowest BCUT2D eigenvalue weighted by Crippen LogP contribution is -2.57. The third kappa shape index (κ3) is 9.73. The molecular formula is C12H24N6O6S. The first-order valence-corrected chi connectivity index (χ1v) is 7.64. The number of aliphatic hydroxyl groups is 2. The lowest BCUT2D eigenvalue weighted by molar-refractivity contribution is -0.140. The van der Waals surface area contributed by atoms with Crippen molar-refractivity contribution >= 4 is 35.1 Å². The van der Waals surface area contributed by atoms with E-state index in [4.69, 9.17) is 33.9 Å². The van der Waals surface area contributed by atoms with Crippen molar-refractivity contribution in [3.63, 3.8) is 0 Å². The first-order valence-electron chi connectivity index (χ1n) is 7.23. The summed E-state index contributed by atoms with van der Waals surface area (Å²) in [4.78, 5) is 34.0. The van der Waals surface area contributed by atoms with Crippen molar-refractivity contribution in [3.8, 4) is 0 Å². The summed E-state index contributed by atoms with van der Waals surface area (Å²) in [5, 5.41) is 31.4. The predicted octanol–water partition coefficient (Wildman–Crippen LogP) is -4.53. The number of hydrogen-bond acceptors (Lipinski definition) is 8. The molecule has 0 aromatic heterocycles. The van der Waals surface area contributed by atoms with Gasteiger partial charge < -0.3 is 37.4 Å². The van der Waals surface area contributed by atoms with Crippen LogP contribution < -0.4 is 33.0 Å². The SMILES string of the molecule is CC(O)C(N)CNNC(=O)C(CC(N)=O)NC(=S)NC(CO)C(=O)O. The Morgan fingerprint density at radius 2 is 1.76 bits per heavy atom. The number of hydrogen-bond donors (Lipinski definition) is 9. The van der Waals surface area contributed by atoms with Gasteiger partial charge in [0.15, 0.2) is 5.11 Å². The van der Waals surface area contributed by atoms with Crippen molar-refractivity contribution in [2.45, 2.75) is 37.6 Å². The van der Waals surface area contributed by atoms with Crippen molar-refractivity contribution in [1.29, 1.82) is 0 Å². The first kappa shape index (κ1) is 22.9. The maximum atomic E-state index is 12.1. The quantitative estimate of drug-likeness (QED) is 0.123. The molecule has 0 bridgehead atoms. The number of aliphatic carboxylic acids is 1. The number of thiocarbonyl (C=S) groups is 1. The predicted molar refractivity (Wildman–Crippen MR) is 90.8 cm³/mol. The van der Waals surface area contributed by atoms with Gasteiger partial charge in [-0.25, -0.2) is 10.2 Å². The third-order valence-corrected chi connectivity index (χ3v) is 3.22. The van der Waals surface area contributed by atoms with E-state index in [1.165, 1.54) is 6.92 Å². The van der Waals surface area contributed by atoms with Crippen molar-refractivity contribution in [2.24, 2.45) is 11.5 Å². The average Bonchev–Trinajstić information content (AvgIpc) is 2.50. The largest absolute Gasteiger partial charge is 0.480 e. The molecule has 0 aromatic carbocycles. The number of amides is 2. The van der Waals surface area contributed by atoms with Crippen LogP contribution in [-0.2, 0) is 14.4 Å². The highest BCUT2D eigenvalue weighted by molar-refractivity contribution is 7.80. The van der Waals surface area contributed by atoms with Gasteiger partial charge in [-0.1, -0.05) is 0 Å². The number of carbonyl (C=O) groups is 3. The Labute approximate surface area is 149 Å². The van der Waals surface area contributed by atoms with Gasteiger partial charge in [-0.2, -0.15) is 0 Å². The number of carbonyl (C=O) groups excluding carboxylic acids is 2. The summed E-state index contributed by atoms with van der Waals surface area (Å²) in [6, 6.07) is -3.20. The summed E-state index contributed by atoms with van der Waals surface area (Å²) in [6.07, 6.45) is -1.22. The number of primary amides is 1. The first-order chi connectivity index (χ1) is 11.6. The molecular weight excluding hydrogens is 356 g/mol. The number of aliphatic hydroxyl groups excluding tert-OH is 2. The van der Waals surface area contributed by atoms with Gasteiger partial charge in [0.2, 0.25) is 5.91 Å². The van der Waals surface area contributed by atoms with E-state index >= 15 is 0 Å². The van der Waals surface area contributed by atoms with E-state index in [1.807, 2.05) is 0 Å². The highest BCUT2D eigenvalue weighted by Crippen LogP contribution is 1.93. The lowest BCUT2D eigenvalue weighted by Gasteiger charge is -2.22. The topological polar surface area (TPSA) is 212 Å². The van der Waals surface area contributed by atoms with E-state index in [2.05, 4.69) is 21.5 Å². The van der Waals surface area contributed by atoms with Gasteiger partial charge in [-0.05, 0) is 19.1 Å². The molecule has 12 nitrogen and oxygen atoms in total. The Hall–Kier alpha value is -2.06. The smallest absolute Gasteiger partial charge is 0.328 e. The summed E-state index contributed by atoms with van der Waals surface area (Å²) in [5.41, 5.74) is 15.4. The molecule has 11 N–H and O–H groups in total. The van der Waals surface area contributed by atoms with Gasteiger partial charge in [0.1, 0.15) is 12.1 Å². The number of nitrogens with two attached hydrogens (primary N) is 2. The van der Waals surface area contributed by atoms with Crippen LogP contribution in [-0.4, -0.2) is 75.6 Å². The average molecular weight is 380 g/mol. The summed E-state index contributed by atoms with van der Waals surface area (Å²) in [7, 11) is 0. The van der Waals surface area contributed by atoms with E-state index < -0.39 is 55.0 Å². The van der Waals surface area contributed by atoms with Crippen LogP contribution in [0, 0.1) is 0 Å². The minimum absolute atomic E-state index is 0.0565. The third-order valence-electron chi connectivity index (χ3n) is 2.98. The van der Waals surface area contributed by atoms with Crippen molar-refractivity contribution in [2.75, 3.05) is 13.2 Å². The molecule has 25 heavy (non-hydrogen) atoms. The van der Waals surface area contributed by atoms with Crippen LogP contribution in [0.15, 0.2) is 0 Å². The number of nitrogens with one attached hydrogen (secondary N) is 4. The molecule has 0 aliphatic heterocycles. The minimum Gasteiger partial charge on any atom is -0.480 e. The highest BCUT2D eigenvalue weighted by Gasteiger charge is 2.24. The van der Waals surface area contributed by atoms with E-state index in [0.29, 0.717) is 0 Å². The second-order valence-corrected chi connectivity index (χ2v) is 5.60. The molecule has 4 atom stereocenters. The zero-order valence-corrected chi connectivity index (χ0v) is 14.4. The van der Waals surface area contributed by atoms with Crippen LogP contribution >= 0.6 is 12.2 Å². The fourth-order valence-electron chi connectivity index (χ4n) is 1.47. The fraction of sp³-hybridized carbons (Fsp3) is 0.667. The molecule has 0 rings (SSSR count). The molecule has 0 aliphatic carbocycles. The van der Waals surface area contributed by atoms with Crippen LogP contribution in [0.2, 0.25) is 0 Å². The van der Waals surface area contributed by atoms with Gasteiger partial charge in [0.25, 0.3) is 5.91 Å². The van der Waals surface area contributed by atoms with Crippen molar-refractivity contribution in [1.82, 2.24) is 21.5 Å². The molecule has 0 saturated heterocycles. The summed E-state index contributed by atoms with van der Waals surface area (Å²) >= 11 is 4.85. The van der Waals surface area contributed by atoms with Crippen LogP contribution in [0.5, 0.6) is 0 Å². The van der Waals surface area contributed by atoms with Crippen LogP contribution in [0.4, 0.5) is 0 Å². The molecule has 0 radical (unpaired) electrons. The monoisotopic (exact) mass is 380 g/mol. The molecule has 0 heterocycles. The molecule has 4 unspecified atom stereocenters. The molecule has 0 aromatic rings. The second kappa shape index (κ2) is 11.5. The number of carboxylic acid groups (broad SMARTS) is 1. The highest BCUT2D eigenvalue weighted by atomic mass is 32.1. The Bertz CT molecular complexity index is 491. The minimum atomic E-state index is -1.38. The van der Waals surface area contributed by atoms with Gasteiger partial charge in [0, 0.05) is 12.6 Å². The Morgan fingerprint density at radius 1 is 1.20 bits per heavy atom. The Balaban J connectivity index is 4.66. The van der Waals surface area contributed by atoms with E-state index in [-0.39, 0.29) is 11.7 Å². The van der Waals surface area contributed by atoms with E-state index in [1.54, 1.807) is 0 Å². The van der Waals surface area contributed by atoms with Crippen molar-refractivity contribution in [3.05, 3.63) is 0 Å². The summed E-state index contributed by atoms with van der Waals surface area (Å²) < 4.78 is 0. The van der Waals surface area contributed by atoms with Gasteiger partial charge in [0.05, 0.1) is 19.1 Å².